The van der Waals surface area contributed by atoms with Crippen LogP contribution in [0.2, 0.25) is 0 Å². The Labute approximate surface area is 136 Å². The first-order valence-corrected chi connectivity index (χ1v) is 7.21. The largest absolute Gasteiger partial charge is 0.454 e. The molecule has 0 radical (unpaired) electrons. The van der Waals surface area contributed by atoms with Gasteiger partial charge in [0.15, 0.2) is 11.5 Å². The van der Waals surface area contributed by atoms with Gasteiger partial charge in [0, 0.05) is 5.69 Å². The predicted molar refractivity (Wildman–Crippen MR) is 86.1 cm³/mol. The molecule has 4 rings (SSSR count). The molecule has 0 aromatic heterocycles. The molecule has 120 valence electrons. The fourth-order valence-corrected chi connectivity index (χ4v) is 2.39. The Hall–Kier alpha value is -3.35. The Morgan fingerprint density at radius 3 is 2.92 bits per heavy atom. The Balaban J connectivity index is 1.57. The molecular formula is C17H12FN3O3. The number of aliphatic imine (C=N–C) groups is 1. The van der Waals surface area contributed by atoms with Gasteiger partial charge in [0.05, 0.1) is 0 Å². The van der Waals surface area contributed by atoms with Crippen molar-refractivity contribution in [1.82, 2.24) is 5.32 Å². The summed E-state index contributed by atoms with van der Waals surface area (Å²) in [7, 11) is 0. The lowest BCUT2D eigenvalue weighted by atomic mass is 10.1. The van der Waals surface area contributed by atoms with E-state index in [0.717, 1.165) is 5.56 Å². The minimum atomic E-state index is -0.374. The molecule has 6 nitrogen and oxygen atoms in total. The van der Waals surface area contributed by atoms with E-state index in [0.29, 0.717) is 17.2 Å². The molecule has 0 saturated heterocycles. The number of guanidine groups is 1. The summed E-state index contributed by atoms with van der Waals surface area (Å²) in [5.41, 5.74) is 1.51. The quantitative estimate of drug-likeness (QED) is 0.832. The number of hydrogen-bond acceptors (Lipinski definition) is 5. The lowest BCUT2D eigenvalue weighted by Gasteiger charge is -2.04. The van der Waals surface area contributed by atoms with Crippen molar-refractivity contribution in [3.05, 3.63) is 59.5 Å². The van der Waals surface area contributed by atoms with E-state index in [2.05, 4.69) is 15.6 Å². The SMILES string of the molecule is O=C1NC(Nc2cccc(F)c2)=N/C1=C\c1ccc2c(c1)OCO2. The highest BCUT2D eigenvalue weighted by atomic mass is 19.1. The molecule has 1 amide bonds. The second-order valence-corrected chi connectivity index (χ2v) is 5.19. The van der Waals surface area contributed by atoms with Gasteiger partial charge < -0.3 is 14.8 Å². The van der Waals surface area contributed by atoms with Crippen LogP contribution in [0, 0.1) is 5.82 Å². The highest BCUT2D eigenvalue weighted by Gasteiger charge is 2.21. The summed E-state index contributed by atoms with van der Waals surface area (Å²) in [5.74, 6) is 0.833. The van der Waals surface area contributed by atoms with Crippen molar-refractivity contribution in [2.75, 3.05) is 12.1 Å². The highest BCUT2D eigenvalue weighted by Crippen LogP contribution is 2.33. The van der Waals surface area contributed by atoms with Gasteiger partial charge in [0.1, 0.15) is 11.5 Å². The first kappa shape index (κ1) is 14.3. The first-order chi connectivity index (χ1) is 11.7. The van der Waals surface area contributed by atoms with Crippen LogP contribution in [0.3, 0.4) is 0 Å². The van der Waals surface area contributed by atoms with Crippen LogP contribution in [0.1, 0.15) is 5.56 Å². The number of rotatable bonds is 2. The summed E-state index contributed by atoms with van der Waals surface area (Å²) < 4.78 is 23.7. The van der Waals surface area contributed by atoms with Crippen LogP contribution in [-0.4, -0.2) is 18.7 Å². The van der Waals surface area contributed by atoms with Crippen LogP contribution in [0.5, 0.6) is 11.5 Å². The molecule has 0 saturated carbocycles. The summed E-state index contributed by atoms with van der Waals surface area (Å²) >= 11 is 0. The molecule has 2 aliphatic heterocycles. The van der Waals surface area contributed by atoms with Crippen molar-refractivity contribution in [2.45, 2.75) is 0 Å². The van der Waals surface area contributed by atoms with Gasteiger partial charge in [0.2, 0.25) is 12.8 Å². The van der Waals surface area contributed by atoms with E-state index in [1.54, 1.807) is 36.4 Å². The molecule has 0 bridgehead atoms. The molecule has 2 aromatic rings. The molecule has 0 unspecified atom stereocenters. The third kappa shape index (κ3) is 2.79. The van der Waals surface area contributed by atoms with Crippen molar-refractivity contribution < 1.29 is 18.7 Å². The smallest absolute Gasteiger partial charge is 0.276 e. The number of amides is 1. The molecule has 2 aliphatic rings. The van der Waals surface area contributed by atoms with Crippen LogP contribution in [-0.2, 0) is 4.79 Å². The third-order valence-corrected chi connectivity index (χ3v) is 3.48. The van der Waals surface area contributed by atoms with Crippen LogP contribution >= 0.6 is 0 Å². The van der Waals surface area contributed by atoms with Gasteiger partial charge in [-0.05, 0) is 42.0 Å². The van der Waals surface area contributed by atoms with Crippen LogP contribution in [0.4, 0.5) is 10.1 Å². The van der Waals surface area contributed by atoms with Gasteiger partial charge in [0.25, 0.3) is 5.91 Å². The minimum Gasteiger partial charge on any atom is -0.454 e. The number of halogens is 1. The number of carbonyl (C=O) groups is 1. The van der Waals surface area contributed by atoms with Gasteiger partial charge >= 0.3 is 0 Å². The van der Waals surface area contributed by atoms with E-state index in [1.807, 2.05) is 0 Å². The predicted octanol–water partition coefficient (Wildman–Crippen LogP) is 2.49. The number of ether oxygens (including phenoxy) is 2. The van der Waals surface area contributed by atoms with Gasteiger partial charge in [-0.15, -0.1) is 0 Å². The van der Waals surface area contributed by atoms with Crippen molar-refractivity contribution in [3.63, 3.8) is 0 Å². The molecule has 0 aliphatic carbocycles. The minimum absolute atomic E-state index is 0.190. The summed E-state index contributed by atoms with van der Waals surface area (Å²) in [4.78, 5) is 16.2. The molecule has 24 heavy (non-hydrogen) atoms. The zero-order chi connectivity index (χ0) is 16.5. The average molecular weight is 325 g/mol. The maximum Gasteiger partial charge on any atom is 0.276 e. The second kappa shape index (κ2) is 5.69. The molecule has 2 N–H and O–H groups in total. The lowest BCUT2D eigenvalue weighted by molar-refractivity contribution is -0.115. The van der Waals surface area contributed by atoms with E-state index in [-0.39, 0.29) is 30.2 Å². The van der Waals surface area contributed by atoms with Crippen molar-refractivity contribution in [1.29, 1.82) is 0 Å². The van der Waals surface area contributed by atoms with E-state index in [4.69, 9.17) is 9.47 Å². The Morgan fingerprint density at radius 2 is 2.04 bits per heavy atom. The zero-order valence-electron chi connectivity index (χ0n) is 12.4. The van der Waals surface area contributed by atoms with Gasteiger partial charge in [-0.25, -0.2) is 9.38 Å². The fourth-order valence-electron chi connectivity index (χ4n) is 2.39. The van der Waals surface area contributed by atoms with Crippen molar-refractivity contribution in [2.24, 2.45) is 4.99 Å². The van der Waals surface area contributed by atoms with E-state index in [1.165, 1.54) is 12.1 Å². The Bertz CT molecular complexity index is 892. The highest BCUT2D eigenvalue weighted by molar-refractivity contribution is 6.17. The molecular weight excluding hydrogens is 313 g/mol. The molecule has 0 spiro atoms. The van der Waals surface area contributed by atoms with Gasteiger partial charge in [-0.3, -0.25) is 10.1 Å². The number of nitrogens with zero attached hydrogens (tertiary/aromatic N) is 1. The molecule has 7 heteroatoms. The van der Waals surface area contributed by atoms with E-state index in [9.17, 15) is 9.18 Å². The monoisotopic (exact) mass is 325 g/mol. The topological polar surface area (TPSA) is 72.0 Å². The van der Waals surface area contributed by atoms with E-state index >= 15 is 0 Å². The van der Waals surface area contributed by atoms with Crippen molar-refractivity contribution >= 4 is 23.6 Å². The average Bonchev–Trinajstić information content (AvgIpc) is 3.14. The number of nitrogens with one attached hydrogen (secondary N) is 2. The van der Waals surface area contributed by atoms with Crippen molar-refractivity contribution in [3.8, 4) is 11.5 Å². The zero-order valence-corrected chi connectivity index (χ0v) is 12.4. The number of anilines is 1. The maximum atomic E-state index is 13.2. The lowest BCUT2D eigenvalue weighted by Crippen LogP contribution is -2.29. The molecule has 0 atom stereocenters. The Kier molecular flexibility index (Phi) is 3.38. The normalized spacial score (nSPS) is 17.0. The summed E-state index contributed by atoms with van der Waals surface area (Å²) in [6.45, 7) is 0.190. The fraction of sp³-hybridized carbons (Fsp3) is 0.0588. The maximum absolute atomic E-state index is 13.2. The number of benzene rings is 2. The third-order valence-electron chi connectivity index (χ3n) is 3.48. The standard InChI is InChI=1S/C17H12FN3O3/c18-11-2-1-3-12(8-11)19-17-20-13(16(22)21-17)6-10-4-5-14-15(7-10)24-9-23-14/h1-8H,9H2,(H2,19,20,21,22)/b13-6-. The first-order valence-electron chi connectivity index (χ1n) is 7.21. The molecule has 2 heterocycles. The van der Waals surface area contributed by atoms with E-state index < -0.39 is 0 Å². The summed E-state index contributed by atoms with van der Waals surface area (Å²) in [5, 5.41) is 5.46. The summed E-state index contributed by atoms with van der Waals surface area (Å²) in [6.07, 6.45) is 1.64. The van der Waals surface area contributed by atoms with Crippen LogP contribution in [0.25, 0.3) is 6.08 Å². The van der Waals surface area contributed by atoms with Crippen LogP contribution in [0.15, 0.2) is 53.2 Å². The second-order valence-electron chi connectivity index (χ2n) is 5.19. The summed E-state index contributed by atoms with van der Waals surface area (Å²) in [6, 6.07) is 11.3. The molecule has 0 fully saturated rings. The number of hydrogen-bond donors (Lipinski definition) is 2. The molecule has 2 aromatic carbocycles. The van der Waals surface area contributed by atoms with Gasteiger partial charge in [-0.2, -0.15) is 0 Å². The number of fused-ring (bicyclic) bond motifs is 1. The van der Waals surface area contributed by atoms with Crippen LogP contribution < -0.4 is 20.1 Å². The Morgan fingerprint density at radius 1 is 1.17 bits per heavy atom. The number of carbonyl (C=O) groups excluding carboxylic acids is 1. The van der Waals surface area contributed by atoms with Gasteiger partial charge in [-0.1, -0.05) is 12.1 Å².